The van der Waals surface area contributed by atoms with Gasteiger partial charge in [-0.15, -0.1) is 0 Å². The number of hydrogen-bond donors (Lipinski definition) is 1. The van der Waals surface area contributed by atoms with E-state index in [0.717, 1.165) is 43.2 Å². The zero-order valence-corrected chi connectivity index (χ0v) is 27.3. The molecule has 1 aromatic carbocycles. The molecule has 2 aliphatic rings. The van der Waals surface area contributed by atoms with Gasteiger partial charge in [0.2, 0.25) is 0 Å². The normalized spacial score (nSPS) is 23.3. The fraction of sp³-hybridized carbons (Fsp3) is 0.500. The zero-order valence-electron chi connectivity index (χ0n) is 26.5. The Labute approximate surface area is 268 Å². The molecular formula is C34H41F2N5O4S. The molecule has 2 N–H and O–H groups in total. The number of fused-ring (bicyclic) bond motifs is 1. The Kier molecular flexibility index (Phi) is 9.26. The molecule has 2 saturated carbocycles. The first-order valence-electron chi connectivity index (χ1n) is 15.8. The van der Waals surface area contributed by atoms with Crippen LogP contribution in [0.15, 0.2) is 48.9 Å². The van der Waals surface area contributed by atoms with E-state index in [1.165, 1.54) is 18.4 Å². The second kappa shape index (κ2) is 13.1. The molecule has 3 aromatic heterocycles. The first-order valence-corrected chi connectivity index (χ1v) is 17.9. The van der Waals surface area contributed by atoms with Gasteiger partial charge in [-0.25, -0.2) is 26.7 Å². The summed E-state index contributed by atoms with van der Waals surface area (Å²) in [7, 11) is -1.52. The highest BCUT2D eigenvalue weighted by Crippen LogP contribution is 2.43. The molecule has 6 rings (SSSR count). The molecular weight excluding hydrogens is 612 g/mol. The lowest BCUT2D eigenvalue weighted by Gasteiger charge is -2.39. The van der Waals surface area contributed by atoms with Crippen LogP contribution in [0.1, 0.15) is 73.9 Å². The highest BCUT2D eigenvalue weighted by Gasteiger charge is 2.38. The molecule has 2 aliphatic carbocycles. The number of nitrogens with two attached hydrogens (primary N) is 1. The van der Waals surface area contributed by atoms with E-state index in [-0.39, 0.29) is 47.6 Å². The Bertz CT molecular complexity index is 1790. The van der Waals surface area contributed by atoms with Gasteiger partial charge in [0.05, 0.1) is 47.0 Å². The van der Waals surface area contributed by atoms with Crippen LogP contribution in [0.2, 0.25) is 0 Å². The number of sulfone groups is 1. The van der Waals surface area contributed by atoms with Gasteiger partial charge in [-0.1, -0.05) is 19.8 Å². The number of hydrogen-bond acceptors (Lipinski definition) is 8. The Morgan fingerprint density at radius 3 is 2.50 bits per heavy atom. The second-order valence-corrected chi connectivity index (χ2v) is 15.2. The highest BCUT2D eigenvalue weighted by atomic mass is 32.2. The average molecular weight is 654 g/mol. The number of aromatic nitrogens is 4. The fourth-order valence-electron chi connectivity index (χ4n) is 7.42. The number of nitrogens with zero attached hydrogens (tertiary/aromatic N) is 4. The van der Waals surface area contributed by atoms with Gasteiger partial charge in [0.25, 0.3) is 0 Å². The molecule has 0 unspecified atom stereocenters. The van der Waals surface area contributed by atoms with E-state index in [2.05, 4.69) is 22.0 Å². The molecule has 46 heavy (non-hydrogen) atoms. The van der Waals surface area contributed by atoms with Crippen molar-refractivity contribution in [1.29, 1.82) is 0 Å². The van der Waals surface area contributed by atoms with E-state index in [0.29, 0.717) is 29.7 Å². The number of pyridine rings is 1. The van der Waals surface area contributed by atoms with E-state index < -0.39 is 27.1 Å². The number of imidazole rings is 1. The Hall–Kier alpha value is -3.32. The van der Waals surface area contributed by atoms with Gasteiger partial charge < -0.3 is 15.2 Å². The fourth-order valence-corrected chi connectivity index (χ4v) is 7.82. The minimum absolute atomic E-state index is 0.0337. The van der Waals surface area contributed by atoms with Crippen LogP contribution in [-0.2, 0) is 31.3 Å². The number of methoxy groups -OCH3 is 1. The van der Waals surface area contributed by atoms with Crippen LogP contribution in [0.4, 0.5) is 8.78 Å². The minimum Gasteiger partial charge on any atom is -0.375 e. The lowest BCUT2D eigenvalue weighted by molar-refractivity contribution is -0.0154. The topological polar surface area (TPSA) is 122 Å². The average Bonchev–Trinajstić information content (AvgIpc) is 3.66. The molecule has 4 aromatic rings. The molecule has 0 aliphatic heterocycles. The lowest BCUT2D eigenvalue weighted by Crippen LogP contribution is -2.47. The summed E-state index contributed by atoms with van der Waals surface area (Å²) < 4.78 is 67.6. The molecule has 3 heterocycles. The number of halogens is 2. The molecule has 0 radical (unpaired) electrons. The number of ether oxygens (including phenoxy) is 2. The largest absolute Gasteiger partial charge is 0.375 e. The van der Waals surface area contributed by atoms with Crippen LogP contribution >= 0.6 is 0 Å². The van der Waals surface area contributed by atoms with Crippen LogP contribution in [0, 0.1) is 17.6 Å². The molecule has 0 amide bonds. The monoisotopic (exact) mass is 653 g/mol. The summed E-state index contributed by atoms with van der Waals surface area (Å²) in [5.74, 6) is -0.513. The van der Waals surface area contributed by atoms with E-state index in [1.54, 1.807) is 36.2 Å². The molecule has 0 bridgehead atoms. The van der Waals surface area contributed by atoms with Gasteiger partial charge in [0.1, 0.15) is 27.3 Å². The van der Waals surface area contributed by atoms with Crippen molar-refractivity contribution in [1.82, 2.24) is 19.6 Å². The summed E-state index contributed by atoms with van der Waals surface area (Å²) in [6.07, 6.45) is 11.5. The molecule has 9 nitrogen and oxygen atoms in total. The van der Waals surface area contributed by atoms with Crippen molar-refractivity contribution >= 4 is 15.4 Å². The van der Waals surface area contributed by atoms with Crippen molar-refractivity contribution in [3.63, 3.8) is 0 Å². The molecule has 4 atom stereocenters. The number of benzene rings is 1. The number of rotatable bonds is 10. The van der Waals surface area contributed by atoms with Crippen LogP contribution in [0.25, 0.3) is 16.8 Å². The van der Waals surface area contributed by atoms with Crippen molar-refractivity contribution in [3.8, 4) is 11.3 Å². The maximum atomic E-state index is 15.6. The zero-order chi connectivity index (χ0) is 32.6. The lowest BCUT2D eigenvalue weighted by atomic mass is 9.73. The predicted octanol–water partition coefficient (Wildman–Crippen LogP) is 5.35. The molecule has 0 saturated heterocycles. The molecule has 246 valence electrons. The van der Waals surface area contributed by atoms with Gasteiger partial charge in [-0.2, -0.15) is 5.10 Å². The third kappa shape index (κ3) is 6.58. The predicted molar refractivity (Wildman–Crippen MR) is 171 cm³/mol. The molecule has 2 fully saturated rings. The van der Waals surface area contributed by atoms with E-state index in [9.17, 15) is 8.42 Å². The Balaban J connectivity index is 1.25. The summed E-state index contributed by atoms with van der Waals surface area (Å²) in [6.45, 7) is 2.21. The quantitative estimate of drug-likeness (QED) is 0.243. The summed E-state index contributed by atoms with van der Waals surface area (Å²) in [5, 5.41) is 4.65. The summed E-state index contributed by atoms with van der Waals surface area (Å²) in [6, 6.07) is 7.88. The summed E-state index contributed by atoms with van der Waals surface area (Å²) in [5.41, 5.74) is 9.19. The van der Waals surface area contributed by atoms with Gasteiger partial charge >= 0.3 is 0 Å². The van der Waals surface area contributed by atoms with Crippen molar-refractivity contribution < 1.29 is 26.7 Å². The SMILES string of the molecule is COC1(c2cc(F)c(-c3ccc4cnc(Cc5cnccc5[C@H]5C[C@@H](N)[C@@H](OCCS(C)(=O)=O)[C@@H](C)C5)n4n3)c(F)c2)CCCC1. The van der Waals surface area contributed by atoms with Crippen LogP contribution in [0.3, 0.4) is 0 Å². The summed E-state index contributed by atoms with van der Waals surface area (Å²) >= 11 is 0. The molecule has 12 heteroatoms. The smallest absolute Gasteiger partial charge is 0.149 e. The summed E-state index contributed by atoms with van der Waals surface area (Å²) in [4.78, 5) is 8.99. The van der Waals surface area contributed by atoms with Gasteiger partial charge in [-0.3, -0.25) is 4.98 Å². The van der Waals surface area contributed by atoms with E-state index >= 15 is 8.78 Å². The van der Waals surface area contributed by atoms with E-state index in [1.807, 2.05) is 12.3 Å². The van der Waals surface area contributed by atoms with Crippen LogP contribution in [0.5, 0.6) is 0 Å². The second-order valence-electron chi connectivity index (χ2n) is 13.0. The van der Waals surface area contributed by atoms with Gasteiger partial charge in [0.15, 0.2) is 0 Å². The minimum atomic E-state index is -3.12. The van der Waals surface area contributed by atoms with Crippen molar-refractivity contribution in [2.45, 2.75) is 75.5 Å². The van der Waals surface area contributed by atoms with E-state index in [4.69, 9.17) is 15.2 Å². The Morgan fingerprint density at radius 1 is 1.09 bits per heavy atom. The maximum Gasteiger partial charge on any atom is 0.149 e. The first kappa shape index (κ1) is 32.6. The maximum absolute atomic E-state index is 15.6. The van der Waals surface area contributed by atoms with Crippen molar-refractivity contribution in [2.24, 2.45) is 11.7 Å². The third-order valence-corrected chi connectivity index (χ3v) is 10.7. The van der Waals surface area contributed by atoms with Gasteiger partial charge in [0, 0.05) is 38.2 Å². The third-order valence-electron chi connectivity index (χ3n) is 9.77. The van der Waals surface area contributed by atoms with Crippen molar-refractivity contribution in [3.05, 3.63) is 83.1 Å². The standard InChI is InChI=1S/C34H41F2N5O4S/c1-21-14-22(15-29(37)33(21)45-12-13-46(3,42)43)26-8-11-38-19-23(26)16-31-39-20-25-6-7-30(40-41(25)31)32-27(35)17-24(18-28(32)36)34(44-2)9-4-5-10-34/h6-8,11,17-22,29,33H,4-5,9-10,12-16,37H2,1-3H3/t21-,22+,29+,33-/m0/s1. The van der Waals surface area contributed by atoms with Crippen LogP contribution < -0.4 is 5.73 Å². The molecule has 0 spiro atoms. The van der Waals surface area contributed by atoms with Crippen LogP contribution in [-0.4, -0.2) is 65.9 Å². The first-order chi connectivity index (χ1) is 22.0. The Morgan fingerprint density at radius 2 is 1.83 bits per heavy atom. The highest BCUT2D eigenvalue weighted by molar-refractivity contribution is 7.90. The van der Waals surface area contributed by atoms with Crippen molar-refractivity contribution in [2.75, 3.05) is 25.7 Å². The van der Waals surface area contributed by atoms with Gasteiger partial charge in [-0.05, 0) is 84.5 Å².